The van der Waals surface area contributed by atoms with Crippen molar-refractivity contribution < 1.29 is 4.59 Å². The Kier molecular flexibility index (Phi) is 0.945. The average Bonchev–Trinajstić information content (AvgIpc) is 1.58. The maximum Gasteiger partial charge on any atom is 0.117 e. The van der Waals surface area contributed by atoms with Crippen molar-refractivity contribution in [3.63, 3.8) is 0 Å². The standard InChI is InChI=1S/C7H15N2/c1-6-3-7-5-9(2,4-6)8-7/h6-8H,3-5H2,1-2H3/q+1. The molecule has 0 saturated carbocycles. The molecule has 3 heterocycles. The van der Waals surface area contributed by atoms with Gasteiger partial charge in [0, 0.05) is 5.92 Å². The van der Waals surface area contributed by atoms with E-state index in [1.54, 1.807) is 0 Å². The molecule has 2 heteroatoms. The van der Waals surface area contributed by atoms with Crippen molar-refractivity contribution in [2.45, 2.75) is 19.4 Å². The number of likely N-dealkylation sites (N-methyl/N-ethyl adjacent to an activating group) is 1. The predicted octanol–water partition coefficient (Wildman–Crippen LogP) is 0.360. The number of hydrogen-bond donors (Lipinski definition) is 1. The van der Waals surface area contributed by atoms with Crippen LogP contribution in [0.4, 0.5) is 0 Å². The van der Waals surface area contributed by atoms with Crippen LogP contribution in [0.1, 0.15) is 13.3 Å². The van der Waals surface area contributed by atoms with Crippen LogP contribution in [-0.2, 0) is 0 Å². The van der Waals surface area contributed by atoms with Crippen molar-refractivity contribution >= 4 is 0 Å². The van der Waals surface area contributed by atoms with E-state index in [-0.39, 0.29) is 0 Å². The van der Waals surface area contributed by atoms with Gasteiger partial charge in [-0.05, 0) is 6.42 Å². The Morgan fingerprint density at radius 3 is 2.44 bits per heavy atom. The molecule has 3 saturated heterocycles. The average molecular weight is 127 g/mol. The molecule has 2 nitrogen and oxygen atoms in total. The summed E-state index contributed by atoms with van der Waals surface area (Å²) in [6.45, 7) is 5.05. The molecule has 3 rings (SSSR count). The molecule has 0 amide bonds. The summed E-state index contributed by atoms with van der Waals surface area (Å²) < 4.78 is 1.13. The molecular formula is C7H15N2+. The van der Waals surface area contributed by atoms with E-state index in [0.29, 0.717) is 0 Å². The molecule has 0 aromatic rings. The quantitative estimate of drug-likeness (QED) is 0.463. The van der Waals surface area contributed by atoms with Crippen molar-refractivity contribution in [1.82, 2.24) is 5.43 Å². The molecule has 9 heavy (non-hydrogen) atoms. The molecule has 0 aliphatic carbocycles. The van der Waals surface area contributed by atoms with E-state index < -0.39 is 0 Å². The monoisotopic (exact) mass is 127 g/mol. The van der Waals surface area contributed by atoms with E-state index in [0.717, 1.165) is 16.6 Å². The number of nitrogens with one attached hydrogen (secondary N) is 1. The molecule has 0 radical (unpaired) electrons. The van der Waals surface area contributed by atoms with Gasteiger partial charge in [-0.1, -0.05) is 6.92 Å². The molecule has 1 N–H and O–H groups in total. The minimum Gasteiger partial charge on any atom is -0.246 e. The van der Waals surface area contributed by atoms with Crippen LogP contribution < -0.4 is 5.43 Å². The SMILES string of the molecule is CC1CC2C[N+](C)(C1)N2. The molecule has 3 aliphatic rings. The van der Waals surface area contributed by atoms with Crippen LogP contribution in [0.5, 0.6) is 0 Å². The molecule has 0 aromatic heterocycles. The molecule has 3 unspecified atom stereocenters. The first-order chi connectivity index (χ1) is 4.18. The van der Waals surface area contributed by atoms with Crippen molar-refractivity contribution in [1.29, 1.82) is 0 Å². The summed E-state index contributed by atoms with van der Waals surface area (Å²) in [5.41, 5.74) is 3.52. The highest BCUT2D eigenvalue weighted by Gasteiger charge is 2.46. The van der Waals surface area contributed by atoms with E-state index in [4.69, 9.17) is 0 Å². The van der Waals surface area contributed by atoms with Crippen molar-refractivity contribution in [2.75, 3.05) is 20.1 Å². The highest BCUT2D eigenvalue weighted by atomic mass is 15.7. The fourth-order valence-corrected chi connectivity index (χ4v) is 2.41. The molecule has 2 bridgehead atoms. The Bertz CT molecular complexity index is 124. The topological polar surface area (TPSA) is 12.0 Å². The summed E-state index contributed by atoms with van der Waals surface area (Å²) in [4.78, 5) is 0. The number of nitrogens with zero attached hydrogens (tertiary/aromatic N) is 1. The fraction of sp³-hybridized carbons (Fsp3) is 1.00. The van der Waals surface area contributed by atoms with Crippen LogP contribution in [0.25, 0.3) is 0 Å². The lowest BCUT2D eigenvalue weighted by Gasteiger charge is -2.53. The number of hydrogen-bond acceptors (Lipinski definition) is 1. The van der Waals surface area contributed by atoms with Gasteiger partial charge < -0.3 is 0 Å². The lowest BCUT2D eigenvalue weighted by molar-refractivity contribution is -1.01. The lowest BCUT2D eigenvalue weighted by Crippen LogP contribution is -2.78. The molecule has 3 aliphatic heterocycles. The number of fused-ring (bicyclic) bond motifs is 2. The molecule has 3 fully saturated rings. The minimum atomic E-state index is 0.846. The Balaban J connectivity index is 2.05. The van der Waals surface area contributed by atoms with Gasteiger partial charge in [0.25, 0.3) is 0 Å². The van der Waals surface area contributed by atoms with Crippen LogP contribution >= 0.6 is 0 Å². The van der Waals surface area contributed by atoms with Gasteiger partial charge in [0.2, 0.25) is 0 Å². The molecular weight excluding hydrogens is 112 g/mol. The third-order valence-corrected chi connectivity index (χ3v) is 2.52. The zero-order chi connectivity index (χ0) is 6.48. The van der Waals surface area contributed by atoms with Crippen LogP contribution in [0, 0.1) is 5.92 Å². The Morgan fingerprint density at radius 2 is 2.11 bits per heavy atom. The van der Waals surface area contributed by atoms with Gasteiger partial charge in [-0.3, -0.25) is 0 Å². The smallest absolute Gasteiger partial charge is 0.117 e. The number of rotatable bonds is 0. The van der Waals surface area contributed by atoms with Gasteiger partial charge in [0.05, 0.1) is 13.6 Å². The van der Waals surface area contributed by atoms with E-state index in [2.05, 4.69) is 19.4 Å². The Labute approximate surface area is 56.4 Å². The minimum absolute atomic E-state index is 0.846. The van der Waals surface area contributed by atoms with E-state index in [1.807, 2.05) is 0 Å². The molecule has 52 valence electrons. The van der Waals surface area contributed by atoms with Crippen LogP contribution in [0.15, 0.2) is 0 Å². The maximum absolute atomic E-state index is 3.52. The second kappa shape index (κ2) is 1.50. The largest absolute Gasteiger partial charge is 0.246 e. The second-order valence-corrected chi connectivity index (χ2v) is 3.93. The van der Waals surface area contributed by atoms with Gasteiger partial charge in [-0.2, -0.15) is 5.43 Å². The fourth-order valence-electron chi connectivity index (χ4n) is 2.41. The van der Waals surface area contributed by atoms with Crippen LogP contribution in [0.3, 0.4) is 0 Å². The summed E-state index contributed by atoms with van der Waals surface area (Å²) in [7, 11) is 2.28. The molecule has 0 aromatic carbocycles. The van der Waals surface area contributed by atoms with Crippen LogP contribution in [0.2, 0.25) is 0 Å². The first kappa shape index (κ1) is 5.69. The van der Waals surface area contributed by atoms with Gasteiger partial charge in [-0.15, -0.1) is 0 Å². The zero-order valence-corrected chi connectivity index (χ0v) is 6.22. The lowest BCUT2D eigenvalue weighted by atomic mass is 9.92. The summed E-state index contributed by atoms with van der Waals surface area (Å²) in [5.74, 6) is 0.940. The first-order valence-electron chi connectivity index (χ1n) is 3.80. The van der Waals surface area contributed by atoms with Gasteiger partial charge in [0.1, 0.15) is 12.6 Å². The summed E-state index contributed by atoms with van der Waals surface area (Å²) in [5, 5.41) is 0. The Hall–Kier alpha value is -0.0800. The summed E-state index contributed by atoms with van der Waals surface area (Å²) in [6, 6.07) is 0.846. The highest BCUT2D eigenvalue weighted by molar-refractivity contribution is 4.78. The first-order valence-corrected chi connectivity index (χ1v) is 3.80. The second-order valence-electron chi connectivity index (χ2n) is 3.93. The van der Waals surface area contributed by atoms with Gasteiger partial charge >= 0.3 is 0 Å². The number of piperidine rings is 1. The van der Waals surface area contributed by atoms with Gasteiger partial charge in [-0.25, -0.2) is 4.59 Å². The predicted molar refractivity (Wildman–Crippen MR) is 36.6 cm³/mol. The van der Waals surface area contributed by atoms with Crippen LogP contribution in [-0.4, -0.2) is 30.8 Å². The Morgan fingerprint density at radius 1 is 1.44 bits per heavy atom. The third kappa shape index (κ3) is 0.775. The van der Waals surface area contributed by atoms with E-state index >= 15 is 0 Å². The third-order valence-electron chi connectivity index (χ3n) is 2.52. The molecule has 3 atom stereocenters. The summed E-state index contributed by atoms with van der Waals surface area (Å²) in [6.07, 6.45) is 1.40. The number of quaternary nitrogens is 1. The maximum atomic E-state index is 3.52. The summed E-state index contributed by atoms with van der Waals surface area (Å²) >= 11 is 0. The normalized spacial score (nSPS) is 56.7. The van der Waals surface area contributed by atoms with E-state index in [1.165, 1.54) is 19.5 Å². The molecule has 0 spiro atoms. The van der Waals surface area contributed by atoms with E-state index in [9.17, 15) is 0 Å². The van der Waals surface area contributed by atoms with Gasteiger partial charge in [0.15, 0.2) is 0 Å². The highest BCUT2D eigenvalue weighted by Crippen LogP contribution is 2.27. The zero-order valence-electron chi connectivity index (χ0n) is 6.22. The van der Waals surface area contributed by atoms with Crippen molar-refractivity contribution in [3.8, 4) is 0 Å². The van der Waals surface area contributed by atoms with Crippen molar-refractivity contribution in [2.24, 2.45) is 5.92 Å². The van der Waals surface area contributed by atoms with Crippen molar-refractivity contribution in [3.05, 3.63) is 0 Å².